The van der Waals surface area contributed by atoms with E-state index < -0.39 is 19.9 Å². The summed E-state index contributed by atoms with van der Waals surface area (Å²) in [7, 11) is -5.03. The smallest absolute Gasteiger partial charge is 0.251 e. The van der Waals surface area contributed by atoms with Crippen LogP contribution in [0.4, 0.5) is 0 Å². The normalized spacial score (nSPS) is 17.6. The molecular formula is C18H25N3O6S3. The molecule has 2 aromatic rings. The van der Waals surface area contributed by atoms with Gasteiger partial charge in [0.15, 0.2) is 14.6 Å². The topological polar surface area (TPSA) is 115 Å². The molecule has 30 heavy (non-hydrogen) atoms. The highest BCUT2D eigenvalue weighted by Crippen LogP contribution is 2.23. The molecule has 1 aliphatic heterocycles. The van der Waals surface area contributed by atoms with E-state index in [2.05, 4.69) is 4.99 Å². The number of carbonyl (C=O) groups excluding carboxylic acids is 1. The van der Waals surface area contributed by atoms with Crippen molar-refractivity contribution < 1.29 is 26.4 Å². The first-order chi connectivity index (χ1) is 14.0. The quantitative estimate of drug-likeness (QED) is 0.612. The summed E-state index contributed by atoms with van der Waals surface area (Å²) in [6.07, 6.45) is 3.17. The summed E-state index contributed by atoms with van der Waals surface area (Å²) in [6.45, 7) is 1.48. The van der Waals surface area contributed by atoms with Crippen LogP contribution < -0.4 is 4.80 Å². The third kappa shape index (κ3) is 5.17. The lowest BCUT2D eigenvalue weighted by Gasteiger charge is -2.28. The standard InChI is InChI=1S/C18H25N3O6S3/c1-27-11-10-21-15-5-4-14(29(2,23)24)12-16(15)28-18(21)19-17(22)13-6-8-20(9-7-13)30(3,25)26/h4-5,12-13H,6-11H2,1-3H3. The van der Waals surface area contributed by atoms with Crippen molar-refractivity contribution in [1.82, 2.24) is 8.87 Å². The Bertz CT molecular complexity index is 1220. The van der Waals surface area contributed by atoms with Crippen molar-refractivity contribution in [3.63, 3.8) is 0 Å². The van der Waals surface area contributed by atoms with E-state index in [1.54, 1.807) is 25.3 Å². The van der Waals surface area contributed by atoms with Crippen molar-refractivity contribution in [3.05, 3.63) is 23.0 Å². The minimum atomic E-state index is -3.35. The van der Waals surface area contributed by atoms with Crippen LogP contribution in [-0.2, 0) is 35.9 Å². The molecule has 0 unspecified atom stereocenters. The number of methoxy groups -OCH3 is 1. The fraction of sp³-hybridized carbons (Fsp3) is 0.556. The van der Waals surface area contributed by atoms with Gasteiger partial charge in [-0.1, -0.05) is 11.3 Å². The van der Waals surface area contributed by atoms with E-state index in [0.717, 1.165) is 11.8 Å². The van der Waals surface area contributed by atoms with Gasteiger partial charge in [-0.3, -0.25) is 4.79 Å². The SMILES string of the molecule is COCCn1c(=NC(=O)C2CCN(S(C)(=O)=O)CC2)sc2cc(S(C)(=O)=O)ccc21. The summed E-state index contributed by atoms with van der Waals surface area (Å²) in [4.78, 5) is 17.8. The lowest BCUT2D eigenvalue weighted by atomic mass is 9.98. The highest BCUT2D eigenvalue weighted by atomic mass is 32.2. The maximum Gasteiger partial charge on any atom is 0.251 e. The second-order valence-corrected chi connectivity index (χ2v) is 12.3. The Labute approximate surface area is 180 Å². The molecule has 1 aromatic carbocycles. The minimum absolute atomic E-state index is 0.209. The van der Waals surface area contributed by atoms with Gasteiger partial charge in [-0.2, -0.15) is 4.99 Å². The molecule has 166 valence electrons. The first-order valence-electron chi connectivity index (χ1n) is 9.37. The summed E-state index contributed by atoms with van der Waals surface area (Å²) < 4.78 is 56.2. The predicted octanol–water partition coefficient (Wildman–Crippen LogP) is 0.852. The van der Waals surface area contributed by atoms with Crippen LogP contribution in [0.15, 0.2) is 28.1 Å². The van der Waals surface area contributed by atoms with Crippen molar-refractivity contribution >= 4 is 47.3 Å². The number of carbonyl (C=O) groups is 1. The zero-order valence-electron chi connectivity index (χ0n) is 17.1. The van der Waals surface area contributed by atoms with Crippen molar-refractivity contribution in [3.8, 4) is 0 Å². The fourth-order valence-corrected chi connectivity index (χ4v) is 6.08. The summed E-state index contributed by atoms with van der Waals surface area (Å²) >= 11 is 1.25. The zero-order chi connectivity index (χ0) is 22.1. The molecule has 0 bridgehead atoms. The number of benzene rings is 1. The van der Waals surface area contributed by atoms with Gasteiger partial charge in [0.25, 0.3) is 5.91 Å². The Morgan fingerprint density at radius 1 is 1.20 bits per heavy atom. The first-order valence-corrected chi connectivity index (χ1v) is 13.9. The fourth-order valence-electron chi connectivity index (χ4n) is 3.39. The van der Waals surface area contributed by atoms with Crippen LogP contribution in [-0.4, -0.2) is 70.9 Å². The lowest BCUT2D eigenvalue weighted by molar-refractivity contribution is -0.122. The number of hydrogen-bond acceptors (Lipinski definition) is 7. The third-order valence-corrected chi connectivity index (χ3v) is 8.53. The summed E-state index contributed by atoms with van der Waals surface area (Å²) in [5.41, 5.74) is 0.780. The van der Waals surface area contributed by atoms with Crippen LogP contribution in [0.1, 0.15) is 12.8 Å². The first kappa shape index (κ1) is 23.1. The van der Waals surface area contributed by atoms with Crippen molar-refractivity contribution in [1.29, 1.82) is 0 Å². The number of ether oxygens (including phenoxy) is 1. The van der Waals surface area contributed by atoms with Crippen molar-refractivity contribution in [2.24, 2.45) is 10.9 Å². The number of rotatable bonds is 6. The minimum Gasteiger partial charge on any atom is -0.383 e. The molecule has 2 heterocycles. The number of amides is 1. The molecule has 0 spiro atoms. The molecule has 1 aromatic heterocycles. The van der Waals surface area contributed by atoms with Crippen LogP contribution in [0.2, 0.25) is 0 Å². The summed E-state index contributed by atoms with van der Waals surface area (Å²) in [5.74, 6) is -0.625. The molecule has 0 aliphatic carbocycles. The number of fused-ring (bicyclic) bond motifs is 1. The number of hydrogen-bond donors (Lipinski definition) is 0. The molecule has 1 aliphatic rings. The van der Waals surface area contributed by atoms with Gasteiger partial charge in [0.1, 0.15) is 0 Å². The van der Waals surface area contributed by atoms with Crippen LogP contribution >= 0.6 is 11.3 Å². The molecule has 0 radical (unpaired) electrons. The average molecular weight is 476 g/mol. The molecule has 0 saturated carbocycles. The number of sulfonamides is 1. The van der Waals surface area contributed by atoms with Gasteiger partial charge in [-0.05, 0) is 31.0 Å². The van der Waals surface area contributed by atoms with Crippen LogP contribution in [0.3, 0.4) is 0 Å². The number of thiazole rings is 1. The Hall–Kier alpha value is -1.60. The van der Waals surface area contributed by atoms with E-state index in [-0.39, 0.29) is 16.7 Å². The molecular weight excluding hydrogens is 450 g/mol. The second-order valence-electron chi connectivity index (χ2n) is 7.32. The van der Waals surface area contributed by atoms with Gasteiger partial charge < -0.3 is 9.30 Å². The van der Waals surface area contributed by atoms with Crippen LogP contribution in [0.25, 0.3) is 10.2 Å². The van der Waals surface area contributed by atoms with E-state index in [4.69, 9.17) is 4.74 Å². The van der Waals surface area contributed by atoms with Gasteiger partial charge in [0.05, 0.1) is 28.0 Å². The van der Waals surface area contributed by atoms with Crippen LogP contribution in [0, 0.1) is 5.92 Å². The summed E-state index contributed by atoms with van der Waals surface area (Å²) in [6, 6.07) is 4.85. The molecule has 1 amide bonds. The van der Waals surface area contributed by atoms with Gasteiger partial charge >= 0.3 is 0 Å². The highest BCUT2D eigenvalue weighted by Gasteiger charge is 2.29. The summed E-state index contributed by atoms with van der Waals surface area (Å²) in [5, 5.41) is 0. The zero-order valence-corrected chi connectivity index (χ0v) is 19.5. The number of aromatic nitrogens is 1. The van der Waals surface area contributed by atoms with E-state index >= 15 is 0 Å². The largest absolute Gasteiger partial charge is 0.383 e. The van der Waals surface area contributed by atoms with Gasteiger partial charge in [0, 0.05) is 38.9 Å². The maximum absolute atomic E-state index is 12.8. The monoisotopic (exact) mass is 475 g/mol. The molecule has 1 saturated heterocycles. The Morgan fingerprint density at radius 3 is 2.43 bits per heavy atom. The molecule has 0 atom stereocenters. The average Bonchev–Trinajstić information content (AvgIpc) is 3.01. The molecule has 12 heteroatoms. The van der Waals surface area contributed by atoms with Gasteiger partial charge in [0.2, 0.25) is 10.0 Å². The van der Waals surface area contributed by atoms with Gasteiger partial charge in [-0.15, -0.1) is 0 Å². The van der Waals surface area contributed by atoms with Crippen LogP contribution in [0.5, 0.6) is 0 Å². The van der Waals surface area contributed by atoms with E-state index in [1.165, 1.54) is 21.9 Å². The Morgan fingerprint density at radius 2 is 1.87 bits per heavy atom. The third-order valence-electron chi connectivity index (χ3n) is 5.08. The second kappa shape index (κ2) is 8.87. The molecule has 0 N–H and O–H groups in total. The number of nitrogens with zero attached hydrogens (tertiary/aromatic N) is 3. The van der Waals surface area contributed by atoms with Crippen molar-refractivity contribution in [2.45, 2.75) is 24.3 Å². The van der Waals surface area contributed by atoms with E-state index in [0.29, 0.717) is 48.6 Å². The van der Waals surface area contributed by atoms with Crippen molar-refractivity contribution in [2.75, 3.05) is 39.3 Å². The highest BCUT2D eigenvalue weighted by molar-refractivity contribution is 7.90. The van der Waals surface area contributed by atoms with E-state index in [9.17, 15) is 21.6 Å². The maximum atomic E-state index is 12.8. The van der Waals surface area contributed by atoms with Gasteiger partial charge in [-0.25, -0.2) is 21.1 Å². The Kier molecular flexibility index (Phi) is 6.82. The molecule has 9 nitrogen and oxygen atoms in total. The predicted molar refractivity (Wildman–Crippen MR) is 115 cm³/mol. The Balaban J connectivity index is 1.95. The molecule has 1 fully saturated rings. The van der Waals surface area contributed by atoms with E-state index in [1.807, 2.05) is 4.57 Å². The molecule has 3 rings (SSSR count). The number of sulfone groups is 1. The lowest BCUT2D eigenvalue weighted by Crippen LogP contribution is -2.39. The number of piperidine rings is 1.